The van der Waals surface area contributed by atoms with E-state index in [1.807, 2.05) is 48.3 Å². The summed E-state index contributed by atoms with van der Waals surface area (Å²) < 4.78 is 5.33. The first-order valence-corrected chi connectivity index (χ1v) is 15.0. The van der Waals surface area contributed by atoms with E-state index in [1.165, 1.54) is 5.56 Å². The molecule has 0 bridgehead atoms. The fourth-order valence-electron chi connectivity index (χ4n) is 6.02. The average molecular weight is 571 g/mol. The monoisotopic (exact) mass is 569 g/mol. The van der Waals surface area contributed by atoms with Gasteiger partial charge in [-0.05, 0) is 86.0 Å². The molecule has 200 valence electrons. The number of nitrogens with zero attached hydrogens (tertiary/aromatic N) is 3. The molecule has 5 nitrogen and oxygen atoms in total. The van der Waals surface area contributed by atoms with Crippen LogP contribution in [-0.2, 0) is 0 Å². The summed E-state index contributed by atoms with van der Waals surface area (Å²) in [6.45, 7) is 3.03. The highest BCUT2D eigenvalue weighted by atomic mass is 35.5. The minimum absolute atomic E-state index is 0.0389. The zero-order valence-electron chi connectivity index (χ0n) is 22.0. The Balaban J connectivity index is 1.32. The number of likely N-dealkylation sites (tertiary alicyclic amines) is 1. The second kappa shape index (κ2) is 11.9. The molecule has 1 saturated heterocycles. The van der Waals surface area contributed by atoms with Crippen molar-refractivity contribution in [3.8, 4) is 5.88 Å². The first-order valence-electron chi connectivity index (χ1n) is 13.0. The van der Waals surface area contributed by atoms with Crippen LogP contribution in [0.5, 0.6) is 5.88 Å². The van der Waals surface area contributed by atoms with Gasteiger partial charge in [-0.1, -0.05) is 53.5 Å². The summed E-state index contributed by atoms with van der Waals surface area (Å²) in [7, 11) is 3.57. The lowest BCUT2D eigenvalue weighted by atomic mass is 9.84. The van der Waals surface area contributed by atoms with Gasteiger partial charge < -0.3 is 14.5 Å². The van der Waals surface area contributed by atoms with Crippen LogP contribution in [0.4, 0.5) is 0 Å². The minimum Gasteiger partial charge on any atom is -0.481 e. The molecule has 2 unspecified atom stereocenters. The molecule has 0 radical (unpaired) electrons. The number of carbonyl (C=O) groups excluding carboxylic acids is 1. The van der Waals surface area contributed by atoms with Gasteiger partial charge in [0.15, 0.2) is 0 Å². The third-order valence-electron chi connectivity index (χ3n) is 8.05. The summed E-state index contributed by atoms with van der Waals surface area (Å²) in [5, 5.41) is 2.16. The van der Waals surface area contributed by atoms with Crippen LogP contribution in [0.2, 0.25) is 10.0 Å². The minimum atomic E-state index is -0.0389. The van der Waals surface area contributed by atoms with E-state index < -0.39 is 0 Å². The van der Waals surface area contributed by atoms with Crippen molar-refractivity contribution in [3.05, 3.63) is 86.9 Å². The van der Waals surface area contributed by atoms with Crippen LogP contribution in [0.3, 0.4) is 0 Å². The summed E-state index contributed by atoms with van der Waals surface area (Å²) in [4.78, 5) is 22.2. The van der Waals surface area contributed by atoms with Crippen LogP contribution in [0.1, 0.15) is 64.2 Å². The summed E-state index contributed by atoms with van der Waals surface area (Å²) in [5.41, 5.74) is 4.33. The van der Waals surface area contributed by atoms with Crippen molar-refractivity contribution in [1.29, 1.82) is 0 Å². The van der Waals surface area contributed by atoms with E-state index in [9.17, 15) is 4.79 Å². The number of amides is 1. The molecule has 0 saturated carbocycles. The van der Waals surface area contributed by atoms with Crippen LogP contribution >= 0.6 is 35.0 Å². The van der Waals surface area contributed by atoms with E-state index in [0.717, 1.165) is 60.6 Å². The number of halogens is 2. The first kappa shape index (κ1) is 27.3. The summed E-state index contributed by atoms with van der Waals surface area (Å²) >= 11 is 14.4. The van der Waals surface area contributed by atoms with Gasteiger partial charge in [-0.15, -0.1) is 11.8 Å². The Morgan fingerprint density at radius 2 is 1.82 bits per heavy atom. The predicted octanol–water partition coefficient (Wildman–Crippen LogP) is 7.30. The Hall–Kier alpha value is -2.25. The van der Waals surface area contributed by atoms with Crippen molar-refractivity contribution in [1.82, 2.24) is 14.8 Å². The molecule has 3 aromatic rings. The fraction of sp³-hybridized carbons (Fsp3) is 0.400. The normalized spacial score (nSPS) is 19.0. The van der Waals surface area contributed by atoms with Crippen molar-refractivity contribution >= 4 is 40.9 Å². The Morgan fingerprint density at radius 3 is 2.53 bits per heavy atom. The van der Waals surface area contributed by atoms with Gasteiger partial charge in [0.2, 0.25) is 5.88 Å². The Labute approximate surface area is 239 Å². The molecule has 5 rings (SSSR count). The van der Waals surface area contributed by atoms with Gasteiger partial charge in [0, 0.05) is 24.6 Å². The van der Waals surface area contributed by atoms with Gasteiger partial charge in [0.1, 0.15) is 5.03 Å². The second-order valence-electron chi connectivity index (χ2n) is 10.1. The molecule has 8 heteroatoms. The van der Waals surface area contributed by atoms with E-state index in [4.69, 9.17) is 27.9 Å². The molecular weight excluding hydrogens is 537 g/mol. The SMILES string of the molecule is COc1ccc(C2CCN(CCC(c3ccc(Cl)c(Cl)c3)C3c4ccccc4C(=O)N3C)CC2)c(SC)n1. The number of piperidine rings is 1. The maximum atomic E-state index is 13.1. The lowest BCUT2D eigenvalue weighted by Gasteiger charge is -2.35. The molecule has 1 fully saturated rings. The smallest absolute Gasteiger partial charge is 0.254 e. The Kier molecular flexibility index (Phi) is 8.53. The van der Waals surface area contributed by atoms with Gasteiger partial charge in [-0.2, -0.15) is 0 Å². The molecule has 0 spiro atoms. The maximum absolute atomic E-state index is 13.1. The largest absolute Gasteiger partial charge is 0.481 e. The van der Waals surface area contributed by atoms with Crippen molar-refractivity contribution in [2.45, 2.75) is 42.2 Å². The van der Waals surface area contributed by atoms with E-state index in [0.29, 0.717) is 21.8 Å². The number of aromatic nitrogens is 1. The molecule has 2 aromatic carbocycles. The van der Waals surface area contributed by atoms with Gasteiger partial charge in [0.05, 0.1) is 23.2 Å². The maximum Gasteiger partial charge on any atom is 0.254 e. The number of carbonyl (C=O) groups is 1. The van der Waals surface area contributed by atoms with E-state index in [1.54, 1.807) is 18.9 Å². The van der Waals surface area contributed by atoms with E-state index in [-0.39, 0.29) is 17.9 Å². The molecule has 2 aliphatic rings. The molecular formula is C30H33Cl2N3O2S. The number of fused-ring (bicyclic) bond motifs is 1. The molecule has 3 heterocycles. The number of hydrogen-bond acceptors (Lipinski definition) is 5. The average Bonchev–Trinajstić information content (AvgIpc) is 3.20. The highest BCUT2D eigenvalue weighted by Crippen LogP contribution is 2.45. The fourth-order valence-corrected chi connectivity index (χ4v) is 6.98. The summed E-state index contributed by atoms with van der Waals surface area (Å²) in [6.07, 6.45) is 5.19. The first-order chi connectivity index (χ1) is 18.4. The van der Waals surface area contributed by atoms with Crippen molar-refractivity contribution in [2.75, 3.05) is 40.0 Å². The topological polar surface area (TPSA) is 45.7 Å². The molecule has 1 amide bonds. The predicted molar refractivity (Wildman–Crippen MR) is 156 cm³/mol. The highest BCUT2D eigenvalue weighted by molar-refractivity contribution is 7.98. The van der Waals surface area contributed by atoms with Gasteiger partial charge in [-0.25, -0.2) is 4.98 Å². The van der Waals surface area contributed by atoms with Gasteiger partial charge in [0.25, 0.3) is 5.91 Å². The molecule has 2 atom stereocenters. The third-order valence-corrected chi connectivity index (χ3v) is 9.50. The molecule has 2 aliphatic heterocycles. The Morgan fingerprint density at radius 1 is 1.05 bits per heavy atom. The van der Waals surface area contributed by atoms with Crippen LogP contribution in [0.25, 0.3) is 0 Å². The van der Waals surface area contributed by atoms with Crippen LogP contribution in [0, 0.1) is 0 Å². The van der Waals surface area contributed by atoms with Crippen LogP contribution in [-0.4, -0.2) is 60.7 Å². The lowest BCUT2D eigenvalue weighted by molar-refractivity contribution is 0.0746. The third kappa shape index (κ3) is 5.42. The molecule has 38 heavy (non-hydrogen) atoms. The Bertz CT molecular complexity index is 1310. The number of ether oxygens (including phenoxy) is 1. The molecule has 0 aliphatic carbocycles. The number of pyridine rings is 1. The summed E-state index contributed by atoms with van der Waals surface area (Å²) in [5.74, 6) is 1.35. The number of hydrogen-bond donors (Lipinski definition) is 0. The zero-order chi connectivity index (χ0) is 26.8. The quantitative estimate of drug-likeness (QED) is 0.266. The number of benzene rings is 2. The summed E-state index contributed by atoms with van der Waals surface area (Å²) in [6, 6.07) is 18.0. The lowest BCUT2D eigenvalue weighted by Crippen LogP contribution is -2.36. The van der Waals surface area contributed by atoms with E-state index in [2.05, 4.69) is 34.3 Å². The number of thioether (sulfide) groups is 1. The highest BCUT2D eigenvalue weighted by Gasteiger charge is 2.39. The standard InChI is InChI=1S/C30H33Cl2N3O2S/c1-34-28(23-6-4-5-7-24(23)30(34)36)21(20-8-10-25(31)26(32)18-20)14-17-35-15-12-19(13-16-35)22-9-11-27(37-2)33-29(22)38-3/h4-11,18-19,21,28H,12-17H2,1-3H3. The molecule has 1 aromatic heterocycles. The van der Waals surface area contributed by atoms with Gasteiger partial charge >= 0.3 is 0 Å². The van der Waals surface area contributed by atoms with E-state index >= 15 is 0 Å². The molecule has 0 N–H and O–H groups in total. The van der Waals surface area contributed by atoms with Crippen LogP contribution in [0.15, 0.2) is 59.6 Å². The number of rotatable bonds is 8. The van der Waals surface area contributed by atoms with Crippen molar-refractivity contribution in [2.24, 2.45) is 0 Å². The van der Waals surface area contributed by atoms with Crippen LogP contribution < -0.4 is 4.74 Å². The zero-order valence-corrected chi connectivity index (χ0v) is 24.3. The van der Waals surface area contributed by atoms with Gasteiger partial charge in [-0.3, -0.25) is 4.79 Å². The van der Waals surface area contributed by atoms with Crippen molar-refractivity contribution in [3.63, 3.8) is 0 Å². The van der Waals surface area contributed by atoms with Crippen molar-refractivity contribution < 1.29 is 9.53 Å². The number of methoxy groups -OCH3 is 1. The second-order valence-corrected chi connectivity index (χ2v) is 11.7. The number of likely N-dealkylation sites (N-methyl/N-ethyl adjacent to an activating group) is 1.